The highest BCUT2D eigenvalue weighted by Crippen LogP contribution is 2.20. The zero-order chi connectivity index (χ0) is 17.5. The summed E-state index contributed by atoms with van der Waals surface area (Å²) in [6.45, 7) is 3.59. The molecule has 0 radical (unpaired) electrons. The van der Waals surface area contributed by atoms with Crippen LogP contribution in [-0.4, -0.2) is 44.1 Å². The molecule has 8 nitrogen and oxygen atoms in total. The van der Waals surface area contributed by atoms with E-state index >= 15 is 0 Å². The molecule has 2 rings (SSSR count). The average molecular weight is 350 g/mol. The minimum atomic E-state index is -1.06. The lowest BCUT2D eigenvalue weighted by atomic mass is 10.3. The Morgan fingerprint density at radius 2 is 2.21 bits per heavy atom. The Labute approximate surface area is 143 Å². The van der Waals surface area contributed by atoms with Gasteiger partial charge in [0.05, 0.1) is 5.75 Å². The monoisotopic (exact) mass is 350 g/mol. The third-order valence-corrected chi connectivity index (χ3v) is 3.87. The van der Waals surface area contributed by atoms with Crippen molar-refractivity contribution < 1.29 is 19.4 Å². The molecular formula is C15H18N4O4S. The third-order valence-electron chi connectivity index (χ3n) is 2.91. The Kier molecular flexibility index (Phi) is 6.19. The van der Waals surface area contributed by atoms with Gasteiger partial charge < -0.3 is 19.7 Å². The van der Waals surface area contributed by atoms with Crippen LogP contribution in [0.4, 0.5) is 5.69 Å². The fraction of sp³-hybridized carbons (Fsp3) is 0.333. The molecule has 0 aliphatic carbocycles. The van der Waals surface area contributed by atoms with E-state index in [0.717, 1.165) is 0 Å². The van der Waals surface area contributed by atoms with Gasteiger partial charge in [-0.3, -0.25) is 4.79 Å². The number of carbonyl (C=O) groups excluding carboxylic acids is 1. The standard InChI is InChI=1S/C15H18N4O4S/c1-10(2)19-9-16-18-15(19)24-8-13(20)17-11-4-3-5-12(6-11)23-7-14(21)22/h3-6,9-10H,7-8H2,1-2H3,(H,17,20)(H,21,22). The van der Waals surface area contributed by atoms with Crippen molar-refractivity contribution >= 4 is 29.3 Å². The Morgan fingerprint density at radius 3 is 2.92 bits per heavy atom. The van der Waals surface area contributed by atoms with E-state index in [1.54, 1.807) is 30.6 Å². The van der Waals surface area contributed by atoms with Gasteiger partial charge in [-0.2, -0.15) is 0 Å². The number of rotatable bonds is 8. The number of hydrogen-bond acceptors (Lipinski definition) is 6. The summed E-state index contributed by atoms with van der Waals surface area (Å²) in [6, 6.07) is 6.79. The van der Waals surface area contributed by atoms with Crippen LogP contribution in [0.25, 0.3) is 0 Å². The average Bonchev–Trinajstić information content (AvgIpc) is 3.00. The molecule has 2 aromatic rings. The summed E-state index contributed by atoms with van der Waals surface area (Å²) in [5, 5.41) is 19.9. The Bertz CT molecular complexity index is 717. The van der Waals surface area contributed by atoms with Crippen molar-refractivity contribution in [2.24, 2.45) is 0 Å². The van der Waals surface area contributed by atoms with Gasteiger partial charge in [0, 0.05) is 17.8 Å². The summed E-state index contributed by atoms with van der Waals surface area (Å²) in [4.78, 5) is 22.5. The molecule has 128 valence electrons. The second-order valence-corrected chi connectivity index (χ2v) is 6.10. The molecule has 0 fully saturated rings. The largest absolute Gasteiger partial charge is 0.482 e. The highest BCUT2D eigenvalue weighted by molar-refractivity contribution is 7.99. The second kappa shape index (κ2) is 8.34. The second-order valence-electron chi connectivity index (χ2n) is 5.16. The number of nitrogens with one attached hydrogen (secondary N) is 1. The first-order valence-electron chi connectivity index (χ1n) is 7.22. The molecule has 2 N–H and O–H groups in total. The van der Waals surface area contributed by atoms with Crippen LogP contribution >= 0.6 is 11.8 Å². The molecule has 0 saturated heterocycles. The van der Waals surface area contributed by atoms with E-state index in [4.69, 9.17) is 9.84 Å². The van der Waals surface area contributed by atoms with Crippen molar-refractivity contribution in [2.75, 3.05) is 17.7 Å². The summed E-state index contributed by atoms with van der Waals surface area (Å²) in [5.74, 6) is -0.697. The van der Waals surface area contributed by atoms with Gasteiger partial charge in [0.25, 0.3) is 0 Å². The summed E-state index contributed by atoms with van der Waals surface area (Å²) in [5.41, 5.74) is 0.536. The molecule has 24 heavy (non-hydrogen) atoms. The van der Waals surface area contributed by atoms with E-state index in [9.17, 15) is 9.59 Å². The number of nitrogens with zero attached hydrogens (tertiary/aromatic N) is 3. The zero-order valence-electron chi connectivity index (χ0n) is 13.3. The summed E-state index contributed by atoms with van der Waals surface area (Å²) >= 11 is 1.30. The molecule has 1 aromatic carbocycles. The number of carboxylic acid groups (broad SMARTS) is 1. The highest BCUT2D eigenvalue weighted by Gasteiger charge is 2.11. The topological polar surface area (TPSA) is 106 Å². The van der Waals surface area contributed by atoms with Gasteiger partial charge >= 0.3 is 5.97 Å². The predicted molar refractivity (Wildman–Crippen MR) is 89.3 cm³/mol. The molecule has 0 saturated carbocycles. The fourth-order valence-electron chi connectivity index (χ4n) is 1.83. The van der Waals surface area contributed by atoms with Crippen molar-refractivity contribution in [3.63, 3.8) is 0 Å². The molecular weight excluding hydrogens is 332 g/mol. The van der Waals surface area contributed by atoms with E-state index < -0.39 is 12.6 Å². The first-order valence-corrected chi connectivity index (χ1v) is 8.21. The van der Waals surface area contributed by atoms with Crippen LogP contribution in [0.5, 0.6) is 5.75 Å². The third kappa shape index (κ3) is 5.27. The molecule has 1 heterocycles. The van der Waals surface area contributed by atoms with Gasteiger partial charge in [-0.05, 0) is 26.0 Å². The molecule has 0 atom stereocenters. The fourth-order valence-corrected chi connectivity index (χ4v) is 2.67. The van der Waals surface area contributed by atoms with Crippen LogP contribution in [-0.2, 0) is 9.59 Å². The summed E-state index contributed by atoms with van der Waals surface area (Å²) < 4.78 is 6.96. The molecule has 0 unspecified atom stereocenters. The molecule has 0 bridgehead atoms. The molecule has 9 heteroatoms. The summed E-state index contributed by atoms with van der Waals surface area (Å²) in [7, 11) is 0. The highest BCUT2D eigenvalue weighted by atomic mass is 32.2. The van der Waals surface area contributed by atoms with Crippen LogP contribution < -0.4 is 10.1 Å². The number of aromatic nitrogens is 3. The van der Waals surface area contributed by atoms with Crippen molar-refractivity contribution in [3.05, 3.63) is 30.6 Å². The number of amides is 1. The number of carboxylic acids is 1. The van der Waals surface area contributed by atoms with Crippen LogP contribution in [0, 0.1) is 0 Å². The number of hydrogen-bond donors (Lipinski definition) is 2. The van der Waals surface area contributed by atoms with Crippen molar-refractivity contribution in [2.45, 2.75) is 25.0 Å². The molecule has 0 spiro atoms. The maximum absolute atomic E-state index is 12.0. The van der Waals surface area contributed by atoms with E-state index in [0.29, 0.717) is 16.6 Å². The van der Waals surface area contributed by atoms with Crippen LogP contribution in [0.15, 0.2) is 35.7 Å². The van der Waals surface area contributed by atoms with E-state index in [1.165, 1.54) is 11.8 Å². The van der Waals surface area contributed by atoms with Crippen LogP contribution in [0.2, 0.25) is 0 Å². The Balaban J connectivity index is 1.89. The lowest BCUT2D eigenvalue weighted by molar-refractivity contribution is -0.139. The van der Waals surface area contributed by atoms with Gasteiger partial charge in [-0.1, -0.05) is 17.8 Å². The van der Waals surface area contributed by atoms with Crippen LogP contribution in [0.1, 0.15) is 19.9 Å². The van der Waals surface area contributed by atoms with Crippen molar-refractivity contribution in [3.8, 4) is 5.75 Å². The number of carbonyl (C=O) groups is 2. The number of ether oxygens (including phenoxy) is 1. The summed E-state index contributed by atoms with van der Waals surface area (Å²) in [6.07, 6.45) is 1.63. The lowest BCUT2D eigenvalue weighted by Crippen LogP contribution is -2.15. The number of benzene rings is 1. The minimum Gasteiger partial charge on any atom is -0.482 e. The smallest absolute Gasteiger partial charge is 0.341 e. The first-order chi connectivity index (χ1) is 11.5. The van der Waals surface area contributed by atoms with Crippen LogP contribution in [0.3, 0.4) is 0 Å². The molecule has 1 amide bonds. The number of aliphatic carboxylic acids is 1. The first kappa shape index (κ1) is 17.8. The molecule has 1 aromatic heterocycles. The van der Waals surface area contributed by atoms with Crippen molar-refractivity contribution in [1.29, 1.82) is 0 Å². The van der Waals surface area contributed by atoms with Crippen molar-refractivity contribution in [1.82, 2.24) is 14.8 Å². The van der Waals surface area contributed by atoms with Gasteiger partial charge in [0.15, 0.2) is 11.8 Å². The quantitative estimate of drug-likeness (QED) is 0.702. The zero-order valence-corrected chi connectivity index (χ0v) is 14.1. The van der Waals surface area contributed by atoms with Gasteiger partial charge in [0.1, 0.15) is 12.1 Å². The molecule has 0 aliphatic rings. The predicted octanol–water partition coefficient (Wildman–Crippen LogP) is 2.05. The van der Waals surface area contributed by atoms with Gasteiger partial charge in [-0.15, -0.1) is 10.2 Å². The molecule has 0 aliphatic heterocycles. The van der Waals surface area contributed by atoms with E-state index in [1.807, 2.05) is 18.4 Å². The maximum Gasteiger partial charge on any atom is 0.341 e. The van der Waals surface area contributed by atoms with E-state index in [2.05, 4.69) is 15.5 Å². The van der Waals surface area contributed by atoms with Gasteiger partial charge in [-0.25, -0.2) is 4.79 Å². The number of thioether (sulfide) groups is 1. The normalized spacial score (nSPS) is 10.6. The SMILES string of the molecule is CC(C)n1cnnc1SCC(=O)Nc1cccc(OCC(=O)O)c1. The maximum atomic E-state index is 12.0. The number of anilines is 1. The Morgan fingerprint density at radius 1 is 1.42 bits per heavy atom. The Hall–Kier alpha value is -2.55. The minimum absolute atomic E-state index is 0.186. The van der Waals surface area contributed by atoms with E-state index in [-0.39, 0.29) is 17.7 Å². The van der Waals surface area contributed by atoms with Gasteiger partial charge in [0.2, 0.25) is 5.91 Å². The lowest BCUT2D eigenvalue weighted by Gasteiger charge is -2.10.